The molecule has 7 heteroatoms. The molecule has 0 fully saturated rings. The van der Waals surface area contributed by atoms with E-state index in [1.807, 2.05) is 6.92 Å². The molecule has 2 N–H and O–H groups in total. The zero-order chi connectivity index (χ0) is 14.2. The molecule has 0 aromatic rings. The van der Waals surface area contributed by atoms with E-state index in [-0.39, 0.29) is 6.61 Å². The quantitative estimate of drug-likeness (QED) is 0.356. The molecular weight excluding hydrogens is 244 g/mol. The summed E-state index contributed by atoms with van der Waals surface area (Å²) < 4.78 is 14.0. The van der Waals surface area contributed by atoms with Gasteiger partial charge in [0.25, 0.3) is 0 Å². The molecule has 0 aliphatic heterocycles. The molecule has 0 aromatic carbocycles. The van der Waals surface area contributed by atoms with Crippen molar-refractivity contribution in [2.75, 3.05) is 40.1 Å². The summed E-state index contributed by atoms with van der Waals surface area (Å²) in [5.41, 5.74) is 0. The Balaban J connectivity index is 0. The van der Waals surface area contributed by atoms with E-state index in [1.54, 1.807) is 0 Å². The van der Waals surface area contributed by atoms with Gasteiger partial charge in [0.15, 0.2) is 0 Å². The van der Waals surface area contributed by atoms with Gasteiger partial charge in [-0.05, 0) is 6.92 Å². The number of carbonyl (C=O) groups excluding carboxylic acids is 1. The van der Waals surface area contributed by atoms with Crippen molar-refractivity contribution in [2.24, 2.45) is 0 Å². The smallest absolute Gasteiger partial charge is 0.330 e. The first kappa shape index (κ1) is 18.9. The largest absolute Gasteiger partial charge is 0.478 e. The monoisotopic (exact) mass is 264 g/mol. The number of aliphatic carboxylic acids is 1. The Hall–Kier alpha value is -1.44. The summed E-state index contributed by atoms with van der Waals surface area (Å²) >= 11 is 0. The molecule has 18 heavy (non-hydrogen) atoms. The van der Waals surface area contributed by atoms with Crippen LogP contribution in [0, 0.1) is 0 Å². The standard InChI is InChI=1S/C6H14O3.C5H6O4/c1-2-8-5-6-9-4-3-7;1-9-5(8)3-2-4(6)7/h7H,2-6H2,1H3;2-3H,1H3,(H,6,7)/b;3-2-. The van der Waals surface area contributed by atoms with Gasteiger partial charge in [-0.2, -0.15) is 0 Å². The molecule has 0 saturated carbocycles. The van der Waals surface area contributed by atoms with Gasteiger partial charge in [-0.25, -0.2) is 9.59 Å². The summed E-state index contributed by atoms with van der Waals surface area (Å²) in [6, 6.07) is 0. The van der Waals surface area contributed by atoms with Gasteiger partial charge in [0.05, 0.1) is 33.5 Å². The molecule has 0 amide bonds. The third-order valence-corrected chi connectivity index (χ3v) is 1.37. The molecule has 0 atom stereocenters. The zero-order valence-corrected chi connectivity index (χ0v) is 10.6. The maximum absolute atomic E-state index is 10.1. The van der Waals surface area contributed by atoms with Gasteiger partial charge >= 0.3 is 11.9 Å². The van der Waals surface area contributed by atoms with E-state index in [0.717, 1.165) is 12.7 Å². The number of carboxylic acid groups (broad SMARTS) is 1. The van der Waals surface area contributed by atoms with Crippen LogP contribution in [0.3, 0.4) is 0 Å². The van der Waals surface area contributed by atoms with Gasteiger partial charge in [-0.15, -0.1) is 0 Å². The number of aliphatic hydroxyl groups excluding tert-OH is 1. The van der Waals surface area contributed by atoms with Crippen LogP contribution >= 0.6 is 0 Å². The Morgan fingerprint density at radius 2 is 1.72 bits per heavy atom. The number of carbonyl (C=O) groups is 2. The highest BCUT2D eigenvalue weighted by atomic mass is 16.5. The molecule has 0 unspecified atom stereocenters. The molecule has 0 aliphatic carbocycles. The number of carboxylic acids is 1. The minimum absolute atomic E-state index is 0.0894. The highest BCUT2D eigenvalue weighted by Gasteiger charge is 1.91. The third kappa shape index (κ3) is 20.0. The number of esters is 1. The van der Waals surface area contributed by atoms with E-state index in [9.17, 15) is 9.59 Å². The second-order valence-electron chi connectivity index (χ2n) is 2.73. The van der Waals surface area contributed by atoms with Crippen molar-refractivity contribution in [3.05, 3.63) is 12.2 Å². The van der Waals surface area contributed by atoms with Crippen molar-refractivity contribution >= 4 is 11.9 Å². The van der Waals surface area contributed by atoms with Crippen LogP contribution in [-0.2, 0) is 23.8 Å². The SMILES string of the molecule is CCOCCOCCO.COC(=O)/C=C\C(=O)O. The van der Waals surface area contributed by atoms with Gasteiger partial charge in [-0.3, -0.25) is 0 Å². The number of rotatable bonds is 8. The van der Waals surface area contributed by atoms with Crippen molar-refractivity contribution < 1.29 is 34.0 Å². The lowest BCUT2D eigenvalue weighted by atomic mass is 10.5. The van der Waals surface area contributed by atoms with E-state index < -0.39 is 11.9 Å². The summed E-state index contributed by atoms with van der Waals surface area (Å²) in [4.78, 5) is 19.9. The average Bonchev–Trinajstić information content (AvgIpc) is 2.36. The minimum atomic E-state index is -1.17. The Labute approximate surface area is 106 Å². The van der Waals surface area contributed by atoms with Gasteiger partial charge in [0.1, 0.15) is 0 Å². The summed E-state index contributed by atoms with van der Waals surface area (Å²) in [6.07, 6.45) is 1.55. The van der Waals surface area contributed by atoms with Gasteiger partial charge in [-0.1, -0.05) is 0 Å². The van der Waals surface area contributed by atoms with Crippen LogP contribution in [0.5, 0.6) is 0 Å². The first-order chi connectivity index (χ1) is 8.58. The van der Waals surface area contributed by atoms with E-state index in [1.165, 1.54) is 7.11 Å². The van der Waals surface area contributed by atoms with Crippen molar-refractivity contribution in [2.45, 2.75) is 6.92 Å². The van der Waals surface area contributed by atoms with Gasteiger partial charge in [0.2, 0.25) is 0 Å². The average molecular weight is 264 g/mol. The summed E-state index contributed by atoms with van der Waals surface area (Å²) in [5, 5.41) is 16.2. The number of hydrogen-bond donors (Lipinski definition) is 2. The number of aliphatic hydroxyl groups is 1. The van der Waals surface area contributed by atoms with E-state index in [0.29, 0.717) is 25.9 Å². The first-order valence-corrected chi connectivity index (χ1v) is 5.33. The van der Waals surface area contributed by atoms with Crippen LogP contribution in [-0.4, -0.2) is 62.3 Å². The van der Waals surface area contributed by atoms with Crippen LogP contribution in [0.4, 0.5) is 0 Å². The van der Waals surface area contributed by atoms with Crippen molar-refractivity contribution in [1.82, 2.24) is 0 Å². The van der Waals surface area contributed by atoms with Crippen LogP contribution in [0.25, 0.3) is 0 Å². The van der Waals surface area contributed by atoms with E-state index in [2.05, 4.69) is 4.74 Å². The third-order valence-electron chi connectivity index (χ3n) is 1.37. The Kier molecular flexibility index (Phi) is 16.3. The molecule has 0 heterocycles. The maximum Gasteiger partial charge on any atom is 0.330 e. The molecule has 0 bridgehead atoms. The maximum atomic E-state index is 10.1. The van der Waals surface area contributed by atoms with Crippen LogP contribution in [0.15, 0.2) is 12.2 Å². The first-order valence-electron chi connectivity index (χ1n) is 5.33. The van der Waals surface area contributed by atoms with Gasteiger partial charge < -0.3 is 24.4 Å². The molecular formula is C11H20O7. The lowest BCUT2D eigenvalue weighted by Crippen LogP contribution is -2.06. The second kappa shape index (κ2) is 15.6. The molecule has 0 aromatic heterocycles. The Bertz CT molecular complexity index is 232. The van der Waals surface area contributed by atoms with E-state index in [4.69, 9.17) is 19.7 Å². The summed E-state index contributed by atoms with van der Waals surface area (Å²) in [7, 11) is 1.18. The van der Waals surface area contributed by atoms with Crippen molar-refractivity contribution in [1.29, 1.82) is 0 Å². The fourth-order valence-corrected chi connectivity index (χ4v) is 0.636. The normalized spacial score (nSPS) is 9.72. The molecule has 0 spiro atoms. The lowest BCUT2D eigenvalue weighted by Gasteiger charge is -2.00. The number of ether oxygens (including phenoxy) is 3. The fourth-order valence-electron chi connectivity index (χ4n) is 0.636. The highest BCUT2D eigenvalue weighted by Crippen LogP contribution is 1.77. The fraction of sp³-hybridized carbons (Fsp3) is 0.636. The van der Waals surface area contributed by atoms with Crippen molar-refractivity contribution in [3.63, 3.8) is 0 Å². The number of methoxy groups -OCH3 is 1. The Morgan fingerprint density at radius 3 is 2.17 bits per heavy atom. The second-order valence-corrected chi connectivity index (χ2v) is 2.73. The Morgan fingerprint density at radius 1 is 1.11 bits per heavy atom. The number of hydrogen-bond acceptors (Lipinski definition) is 6. The van der Waals surface area contributed by atoms with Crippen molar-refractivity contribution in [3.8, 4) is 0 Å². The topological polar surface area (TPSA) is 102 Å². The zero-order valence-electron chi connectivity index (χ0n) is 10.6. The summed E-state index contributed by atoms with van der Waals surface area (Å²) in [6.45, 7) is 4.36. The summed E-state index contributed by atoms with van der Waals surface area (Å²) in [5.74, 6) is -1.84. The minimum Gasteiger partial charge on any atom is -0.478 e. The molecule has 0 rings (SSSR count). The predicted molar refractivity (Wildman–Crippen MR) is 63.2 cm³/mol. The molecule has 106 valence electrons. The predicted octanol–water partition coefficient (Wildman–Crippen LogP) is -0.168. The van der Waals surface area contributed by atoms with Gasteiger partial charge in [0, 0.05) is 18.8 Å². The lowest BCUT2D eigenvalue weighted by molar-refractivity contribution is -0.136. The molecule has 0 radical (unpaired) electrons. The highest BCUT2D eigenvalue weighted by molar-refractivity contribution is 5.90. The van der Waals surface area contributed by atoms with Crippen LogP contribution in [0.2, 0.25) is 0 Å². The van der Waals surface area contributed by atoms with Crippen LogP contribution < -0.4 is 0 Å². The van der Waals surface area contributed by atoms with E-state index >= 15 is 0 Å². The molecule has 7 nitrogen and oxygen atoms in total. The van der Waals surface area contributed by atoms with Crippen LogP contribution in [0.1, 0.15) is 6.92 Å². The molecule has 0 aliphatic rings. The molecule has 0 saturated heterocycles.